The summed E-state index contributed by atoms with van der Waals surface area (Å²) in [6.07, 6.45) is 1.89. The Balaban J connectivity index is 1.60. The van der Waals surface area contributed by atoms with Crippen LogP contribution in [0, 0.1) is 0 Å². The van der Waals surface area contributed by atoms with Crippen molar-refractivity contribution >= 4 is 23.3 Å². The lowest BCUT2D eigenvalue weighted by molar-refractivity contribution is 0.0161. The molecule has 1 aromatic carbocycles. The monoisotopic (exact) mass is 332 g/mol. The van der Waals surface area contributed by atoms with E-state index in [1.54, 1.807) is 35.7 Å². The standard InChI is InChI=1S/C17H16O5S/c18-16(21-11-14-6-2-8-20-14)12-4-1-5-13(10-12)22-17(19)15-7-3-9-23-15/h1,3-5,7,9-10,14H,2,6,8,11H2. The second kappa shape index (κ2) is 7.39. The lowest BCUT2D eigenvalue weighted by Crippen LogP contribution is -2.18. The number of rotatable bonds is 5. The second-order valence-corrected chi connectivity index (χ2v) is 6.08. The molecule has 1 aromatic heterocycles. The summed E-state index contributed by atoms with van der Waals surface area (Å²) in [4.78, 5) is 24.5. The molecule has 3 rings (SSSR count). The minimum atomic E-state index is -0.450. The highest BCUT2D eigenvalue weighted by Crippen LogP contribution is 2.18. The highest BCUT2D eigenvalue weighted by atomic mass is 32.1. The van der Waals surface area contributed by atoms with Gasteiger partial charge in [0.25, 0.3) is 0 Å². The molecule has 1 fully saturated rings. The highest BCUT2D eigenvalue weighted by Gasteiger charge is 2.18. The average Bonchev–Trinajstić information content (AvgIpc) is 3.26. The number of hydrogen-bond acceptors (Lipinski definition) is 6. The first-order chi connectivity index (χ1) is 11.2. The number of benzene rings is 1. The van der Waals surface area contributed by atoms with Gasteiger partial charge in [0.15, 0.2) is 0 Å². The van der Waals surface area contributed by atoms with Crippen LogP contribution in [0.2, 0.25) is 0 Å². The van der Waals surface area contributed by atoms with Gasteiger partial charge in [0.05, 0.1) is 11.7 Å². The van der Waals surface area contributed by atoms with Crippen LogP contribution in [0.15, 0.2) is 41.8 Å². The SMILES string of the molecule is O=C(OCC1CCCO1)c1cccc(OC(=O)c2cccs2)c1. The van der Waals surface area contributed by atoms with Crippen LogP contribution in [-0.4, -0.2) is 31.3 Å². The van der Waals surface area contributed by atoms with Crippen LogP contribution in [0.1, 0.15) is 32.9 Å². The van der Waals surface area contributed by atoms with Gasteiger partial charge < -0.3 is 14.2 Å². The van der Waals surface area contributed by atoms with Gasteiger partial charge in [-0.25, -0.2) is 9.59 Å². The molecule has 23 heavy (non-hydrogen) atoms. The molecule has 1 saturated heterocycles. The van der Waals surface area contributed by atoms with Crippen molar-refractivity contribution in [2.24, 2.45) is 0 Å². The molecule has 120 valence electrons. The predicted octanol–water partition coefficient (Wildman–Crippen LogP) is 3.30. The van der Waals surface area contributed by atoms with E-state index in [-0.39, 0.29) is 12.7 Å². The highest BCUT2D eigenvalue weighted by molar-refractivity contribution is 7.12. The van der Waals surface area contributed by atoms with Gasteiger partial charge in [-0.1, -0.05) is 12.1 Å². The topological polar surface area (TPSA) is 61.8 Å². The van der Waals surface area contributed by atoms with E-state index in [0.29, 0.717) is 16.2 Å². The van der Waals surface area contributed by atoms with E-state index < -0.39 is 11.9 Å². The molecular weight excluding hydrogens is 316 g/mol. The van der Waals surface area contributed by atoms with E-state index >= 15 is 0 Å². The minimum absolute atomic E-state index is 0.0150. The third-order valence-corrected chi connectivity index (χ3v) is 4.28. The van der Waals surface area contributed by atoms with Crippen molar-refractivity contribution in [3.63, 3.8) is 0 Å². The quantitative estimate of drug-likeness (QED) is 0.621. The zero-order valence-electron chi connectivity index (χ0n) is 12.4. The fraction of sp³-hybridized carbons (Fsp3) is 0.294. The smallest absolute Gasteiger partial charge is 0.353 e. The molecule has 6 heteroatoms. The molecule has 5 nitrogen and oxygen atoms in total. The zero-order valence-corrected chi connectivity index (χ0v) is 13.2. The fourth-order valence-corrected chi connectivity index (χ4v) is 2.87. The molecule has 2 aromatic rings. The van der Waals surface area contributed by atoms with Crippen LogP contribution in [0.25, 0.3) is 0 Å². The number of ether oxygens (including phenoxy) is 3. The molecule has 0 radical (unpaired) electrons. The summed E-state index contributed by atoms with van der Waals surface area (Å²) in [5.41, 5.74) is 0.347. The van der Waals surface area contributed by atoms with Gasteiger partial charge in [-0.15, -0.1) is 11.3 Å². The Morgan fingerprint density at radius 2 is 2.13 bits per heavy atom. The molecular formula is C17H16O5S. The lowest BCUT2D eigenvalue weighted by Gasteiger charge is -2.10. The number of carbonyl (C=O) groups excluding carboxylic acids is 2. The van der Waals surface area contributed by atoms with Gasteiger partial charge in [0.1, 0.15) is 17.2 Å². The van der Waals surface area contributed by atoms with Crippen molar-refractivity contribution in [1.82, 2.24) is 0 Å². The Morgan fingerprint density at radius 3 is 2.87 bits per heavy atom. The molecule has 0 aliphatic carbocycles. The van der Waals surface area contributed by atoms with Gasteiger partial charge >= 0.3 is 11.9 Å². The summed E-state index contributed by atoms with van der Waals surface area (Å²) in [5.74, 6) is -0.575. The predicted molar refractivity (Wildman–Crippen MR) is 85.0 cm³/mol. The average molecular weight is 332 g/mol. The van der Waals surface area contributed by atoms with Gasteiger partial charge in [0, 0.05) is 6.61 Å². The molecule has 1 aliphatic rings. The first kappa shape index (κ1) is 15.7. The molecule has 0 N–H and O–H groups in total. The van der Waals surface area contributed by atoms with Gasteiger partial charge in [-0.3, -0.25) is 0 Å². The number of thiophene rings is 1. The van der Waals surface area contributed by atoms with Crippen molar-refractivity contribution < 1.29 is 23.8 Å². The summed E-state index contributed by atoms with van der Waals surface area (Å²) in [6.45, 7) is 0.967. The van der Waals surface area contributed by atoms with Crippen molar-refractivity contribution in [2.45, 2.75) is 18.9 Å². The maximum Gasteiger partial charge on any atom is 0.353 e. The zero-order chi connectivity index (χ0) is 16.1. The Labute approximate surface area is 137 Å². The second-order valence-electron chi connectivity index (χ2n) is 5.13. The maximum absolute atomic E-state index is 12.1. The number of carbonyl (C=O) groups is 2. The molecule has 0 bridgehead atoms. The van der Waals surface area contributed by atoms with Crippen LogP contribution in [0.4, 0.5) is 0 Å². The van der Waals surface area contributed by atoms with Crippen molar-refractivity contribution in [1.29, 1.82) is 0 Å². The van der Waals surface area contributed by atoms with E-state index in [1.807, 2.05) is 0 Å². The van der Waals surface area contributed by atoms with E-state index in [2.05, 4.69) is 0 Å². The molecule has 0 saturated carbocycles. The first-order valence-corrected chi connectivity index (χ1v) is 8.25. The van der Waals surface area contributed by atoms with Crippen molar-refractivity contribution in [3.05, 3.63) is 52.2 Å². The summed E-state index contributed by atoms with van der Waals surface area (Å²) in [6, 6.07) is 9.87. The molecule has 1 unspecified atom stereocenters. The van der Waals surface area contributed by atoms with Crippen molar-refractivity contribution in [3.8, 4) is 5.75 Å². The normalized spacial score (nSPS) is 17.0. The minimum Gasteiger partial charge on any atom is -0.459 e. The molecule has 0 amide bonds. The third kappa shape index (κ3) is 4.18. The Hall–Kier alpha value is -2.18. The maximum atomic E-state index is 12.1. The molecule has 2 heterocycles. The summed E-state index contributed by atoms with van der Waals surface area (Å²) >= 11 is 1.30. The van der Waals surface area contributed by atoms with Crippen LogP contribution >= 0.6 is 11.3 Å². The number of hydrogen-bond donors (Lipinski definition) is 0. The molecule has 1 aliphatic heterocycles. The lowest BCUT2D eigenvalue weighted by atomic mass is 10.2. The van der Waals surface area contributed by atoms with Crippen LogP contribution in [0.5, 0.6) is 5.75 Å². The Bertz CT molecular complexity index is 674. The summed E-state index contributed by atoms with van der Waals surface area (Å²) in [5, 5.41) is 1.80. The van der Waals surface area contributed by atoms with Gasteiger partial charge in [0.2, 0.25) is 0 Å². The van der Waals surface area contributed by atoms with E-state index in [1.165, 1.54) is 17.4 Å². The molecule has 1 atom stereocenters. The molecule has 0 spiro atoms. The third-order valence-electron chi connectivity index (χ3n) is 3.43. The van der Waals surface area contributed by atoms with Crippen molar-refractivity contribution in [2.75, 3.05) is 13.2 Å². The Morgan fingerprint density at radius 1 is 1.22 bits per heavy atom. The van der Waals surface area contributed by atoms with E-state index in [9.17, 15) is 9.59 Å². The fourth-order valence-electron chi connectivity index (χ4n) is 2.27. The summed E-state index contributed by atoms with van der Waals surface area (Å²) in [7, 11) is 0. The summed E-state index contributed by atoms with van der Waals surface area (Å²) < 4.78 is 15.9. The van der Waals surface area contributed by atoms with Gasteiger partial charge in [-0.05, 0) is 42.5 Å². The van der Waals surface area contributed by atoms with Crippen LogP contribution < -0.4 is 4.74 Å². The van der Waals surface area contributed by atoms with Crippen LogP contribution in [0.3, 0.4) is 0 Å². The van der Waals surface area contributed by atoms with E-state index in [4.69, 9.17) is 14.2 Å². The number of esters is 2. The first-order valence-electron chi connectivity index (χ1n) is 7.37. The van der Waals surface area contributed by atoms with Gasteiger partial charge in [-0.2, -0.15) is 0 Å². The van der Waals surface area contributed by atoms with Crippen LogP contribution in [-0.2, 0) is 9.47 Å². The largest absolute Gasteiger partial charge is 0.459 e. The van der Waals surface area contributed by atoms with E-state index in [0.717, 1.165) is 19.4 Å². The Kier molecular flexibility index (Phi) is 5.05.